The summed E-state index contributed by atoms with van der Waals surface area (Å²) in [4.78, 5) is 50.8. The lowest BCUT2D eigenvalue weighted by molar-refractivity contribution is -0.145. The van der Waals surface area contributed by atoms with Gasteiger partial charge in [0.25, 0.3) is 0 Å². The van der Waals surface area contributed by atoms with Gasteiger partial charge in [-0.2, -0.15) is 0 Å². The maximum atomic E-state index is 12.7. The molecule has 0 radical (unpaired) electrons. The molecule has 12 nitrogen and oxygen atoms in total. The van der Waals surface area contributed by atoms with Crippen molar-refractivity contribution in [3.05, 3.63) is 45.5 Å². The molecule has 2 aromatic rings. The van der Waals surface area contributed by atoms with E-state index in [1.807, 2.05) is 12.1 Å². The fourth-order valence-corrected chi connectivity index (χ4v) is 5.52. The molecular weight excluding hydrogens is 596 g/mol. The predicted octanol–water partition coefficient (Wildman–Crippen LogP) is 4.11. The summed E-state index contributed by atoms with van der Waals surface area (Å²) in [7, 11) is 3.02. The zero-order valence-electron chi connectivity index (χ0n) is 25.2. The van der Waals surface area contributed by atoms with E-state index in [-0.39, 0.29) is 37.8 Å². The number of carbonyl (C=O) groups is 4. The van der Waals surface area contributed by atoms with E-state index in [1.54, 1.807) is 15.9 Å². The lowest BCUT2D eigenvalue weighted by Gasteiger charge is -2.16. The highest BCUT2D eigenvalue weighted by Crippen LogP contribution is 2.43. The molecule has 13 heteroatoms. The number of benzene rings is 2. The fraction of sp³-hybridized carbons (Fsp3) is 0.484. The first kappa shape index (κ1) is 32.7. The Hall–Kier alpha value is -4.19. The van der Waals surface area contributed by atoms with Gasteiger partial charge in [0.15, 0.2) is 23.0 Å². The van der Waals surface area contributed by atoms with E-state index in [2.05, 4.69) is 0 Å². The molecule has 2 aromatic carbocycles. The Morgan fingerprint density at radius 1 is 0.750 bits per heavy atom. The Balaban J connectivity index is 1.33. The molecule has 0 fully saturated rings. The Labute approximate surface area is 260 Å². The molecule has 2 N–H and O–H groups in total. The van der Waals surface area contributed by atoms with Gasteiger partial charge in [-0.25, -0.2) is 0 Å². The van der Waals surface area contributed by atoms with Gasteiger partial charge in [0.05, 0.1) is 44.3 Å². The maximum absolute atomic E-state index is 12.7. The number of amides is 2. The van der Waals surface area contributed by atoms with Crippen molar-refractivity contribution in [3.63, 3.8) is 0 Å². The number of carboxylic acid groups (broad SMARTS) is 2. The molecule has 2 aliphatic rings. The highest BCUT2D eigenvalue weighted by molar-refractivity contribution is 6.33. The van der Waals surface area contributed by atoms with Crippen LogP contribution in [0.1, 0.15) is 55.4 Å². The SMILES string of the molecule is COc1cc2c(cc1OCCCOc1cc3c(c(Cl)c1OC)CN(C(=O)C[C@H](C)C(=O)O)C3)CN(C(=O)C[C@H](C)C(=O)O)C2. The molecule has 0 saturated heterocycles. The second kappa shape index (κ2) is 14.1. The van der Waals surface area contributed by atoms with E-state index in [1.165, 1.54) is 28.1 Å². The van der Waals surface area contributed by atoms with Gasteiger partial charge in [-0.15, -0.1) is 0 Å². The molecule has 0 saturated carbocycles. The van der Waals surface area contributed by atoms with E-state index < -0.39 is 23.8 Å². The number of hydrogen-bond acceptors (Lipinski definition) is 8. The van der Waals surface area contributed by atoms with Crippen LogP contribution >= 0.6 is 11.6 Å². The van der Waals surface area contributed by atoms with Crippen molar-refractivity contribution in [2.24, 2.45) is 11.8 Å². The van der Waals surface area contributed by atoms with Crippen molar-refractivity contribution >= 4 is 35.4 Å². The Kier molecular flexibility index (Phi) is 10.5. The summed E-state index contributed by atoms with van der Waals surface area (Å²) in [6.07, 6.45) is 0.346. The predicted molar refractivity (Wildman–Crippen MR) is 158 cm³/mol. The van der Waals surface area contributed by atoms with Crippen LogP contribution in [0, 0.1) is 11.8 Å². The number of aliphatic carboxylic acids is 2. The number of methoxy groups -OCH3 is 2. The molecular formula is C31H37ClN2O10. The minimum Gasteiger partial charge on any atom is -0.493 e. The molecule has 2 amide bonds. The quantitative estimate of drug-likeness (QED) is 0.291. The topological polar surface area (TPSA) is 152 Å². The Morgan fingerprint density at radius 3 is 1.75 bits per heavy atom. The number of hydrogen-bond donors (Lipinski definition) is 2. The van der Waals surface area contributed by atoms with Crippen LogP contribution in [0.2, 0.25) is 5.02 Å². The minimum atomic E-state index is -1.02. The van der Waals surface area contributed by atoms with Crippen molar-refractivity contribution in [1.29, 1.82) is 0 Å². The number of fused-ring (bicyclic) bond motifs is 2. The molecule has 0 bridgehead atoms. The largest absolute Gasteiger partial charge is 0.493 e. The van der Waals surface area contributed by atoms with E-state index in [0.29, 0.717) is 60.7 Å². The molecule has 44 heavy (non-hydrogen) atoms. The molecule has 238 valence electrons. The summed E-state index contributed by atoms with van der Waals surface area (Å²) in [6, 6.07) is 5.47. The third-order valence-corrected chi connectivity index (χ3v) is 8.22. The third-order valence-electron chi connectivity index (χ3n) is 7.82. The van der Waals surface area contributed by atoms with Gasteiger partial charge in [-0.05, 0) is 40.5 Å². The second-order valence-corrected chi connectivity index (χ2v) is 11.4. The smallest absolute Gasteiger partial charge is 0.306 e. The number of carboxylic acids is 2. The average Bonchev–Trinajstić information content (AvgIpc) is 3.61. The second-order valence-electron chi connectivity index (χ2n) is 11.1. The highest BCUT2D eigenvalue weighted by Gasteiger charge is 2.31. The summed E-state index contributed by atoms with van der Waals surface area (Å²) < 4.78 is 23.0. The van der Waals surface area contributed by atoms with Crippen molar-refractivity contribution < 1.29 is 48.3 Å². The molecule has 0 aromatic heterocycles. The van der Waals surface area contributed by atoms with Crippen LogP contribution in [0.3, 0.4) is 0 Å². The van der Waals surface area contributed by atoms with Gasteiger partial charge < -0.3 is 39.0 Å². The van der Waals surface area contributed by atoms with Crippen LogP contribution in [-0.4, -0.2) is 71.2 Å². The van der Waals surface area contributed by atoms with Gasteiger partial charge in [0.2, 0.25) is 11.8 Å². The number of carbonyl (C=O) groups excluding carboxylic acids is 2. The van der Waals surface area contributed by atoms with E-state index in [0.717, 1.165) is 22.3 Å². The van der Waals surface area contributed by atoms with Crippen LogP contribution in [0.25, 0.3) is 0 Å². The zero-order valence-corrected chi connectivity index (χ0v) is 25.9. The molecule has 2 aliphatic heterocycles. The standard InChI is InChI=1S/C31H37ClN2O10/c1-17(30(37)38)8-26(35)33-13-19-10-23(41-3)24(11-20(19)14-33)43-6-5-7-44-25-12-21-15-34(27(36)9-18(2)31(39)40)16-22(21)28(32)29(25)42-4/h10-12,17-18H,5-9,13-16H2,1-4H3,(H,37,38)(H,39,40)/t17-,18-/m0/s1. The van der Waals surface area contributed by atoms with E-state index in [9.17, 15) is 19.2 Å². The summed E-state index contributed by atoms with van der Waals surface area (Å²) >= 11 is 6.63. The summed E-state index contributed by atoms with van der Waals surface area (Å²) in [5.41, 5.74) is 3.39. The fourth-order valence-electron chi connectivity index (χ4n) is 5.17. The summed E-state index contributed by atoms with van der Waals surface area (Å²) in [5.74, 6) is -2.20. The minimum absolute atomic E-state index is 0.0630. The Morgan fingerprint density at radius 2 is 1.23 bits per heavy atom. The summed E-state index contributed by atoms with van der Waals surface area (Å²) in [5, 5.41) is 18.6. The molecule has 4 rings (SSSR count). The molecule has 2 atom stereocenters. The van der Waals surface area contributed by atoms with Crippen molar-refractivity contribution in [2.75, 3.05) is 27.4 Å². The van der Waals surface area contributed by atoms with Crippen LogP contribution in [-0.2, 0) is 45.4 Å². The van der Waals surface area contributed by atoms with Crippen LogP contribution < -0.4 is 18.9 Å². The lowest BCUT2D eigenvalue weighted by Crippen LogP contribution is -2.28. The molecule has 0 aliphatic carbocycles. The van der Waals surface area contributed by atoms with E-state index in [4.69, 9.17) is 40.8 Å². The maximum Gasteiger partial charge on any atom is 0.306 e. The first-order valence-electron chi connectivity index (χ1n) is 14.3. The van der Waals surface area contributed by atoms with Crippen molar-refractivity contribution in [3.8, 4) is 23.0 Å². The number of halogens is 1. The van der Waals surface area contributed by atoms with E-state index >= 15 is 0 Å². The van der Waals surface area contributed by atoms with Gasteiger partial charge >= 0.3 is 11.9 Å². The first-order valence-corrected chi connectivity index (χ1v) is 14.7. The summed E-state index contributed by atoms with van der Waals surface area (Å²) in [6.45, 7) is 4.90. The van der Waals surface area contributed by atoms with Gasteiger partial charge in [0, 0.05) is 45.4 Å². The van der Waals surface area contributed by atoms with Crippen LogP contribution in [0.15, 0.2) is 18.2 Å². The lowest BCUT2D eigenvalue weighted by atomic mass is 10.1. The normalized spacial score (nSPS) is 14.8. The third kappa shape index (κ3) is 7.29. The van der Waals surface area contributed by atoms with Gasteiger partial charge in [-0.3, -0.25) is 19.2 Å². The zero-order chi connectivity index (χ0) is 32.1. The van der Waals surface area contributed by atoms with Crippen LogP contribution in [0.4, 0.5) is 0 Å². The molecule has 2 heterocycles. The number of nitrogens with zero attached hydrogens (tertiary/aromatic N) is 2. The number of ether oxygens (including phenoxy) is 4. The first-order chi connectivity index (χ1) is 20.9. The molecule has 0 unspecified atom stereocenters. The van der Waals surface area contributed by atoms with Crippen molar-refractivity contribution in [2.45, 2.75) is 59.3 Å². The molecule has 0 spiro atoms. The van der Waals surface area contributed by atoms with Gasteiger partial charge in [0.1, 0.15) is 0 Å². The Bertz CT molecular complexity index is 1450. The average molecular weight is 633 g/mol. The monoisotopic (exact) mass is 632 g/mol. The van der Waals surface area contributed by atoms with Gasteiger partial charge in [-0.1, -0.05) is 25.4 Å². The van der Waals surface area contributed by atoms with Crippen LogP contribution in [0.5, 0.6) is 23.0 Å². The highest BCUT2D eigenvalue weighted by atomic mass is 35.5. The van der Waals surface area contributed by atoms with Crippen molar-refractivity contribution in [1.82, 2.24) is 9.80 Å². The number of rotatable bonds is 14.